The molecule has 0 bridgehead atoms. The van der Waals surface area contributed by atoms with Crippen molar-refractivity contribution < 1.29 is 74.0 Å². The van der Waals surface area contributed by atoms with Gasteiger partial charge in [0.2, 0.25) is 0 Å². The van der Waals surface area contributed by atoms with Crippen LogP contribution in [0.3, 0.4) is 0 Å². The minimum Gasteiger partial charge on any atom is -0.794 e. The first-order chi connectivity index (χ1) is 7.99. The maximum absolute atomic E-state index is 9.61. The summed E-state index contributed by atoms with van der Waals surface area (Å²) in [6, 6.07) is 1.37. The van der Waals surface area contributed by atoms with Crippen LogP contribution < -0.4 is 34.4 Å². The molecule has 0 aromatic heterocycles. The first-order valence-corrected chi connectivity index (χ1v) is 5.84. The Labute approximate surface area is 131 Å². The number of nitriles is 1. The molecule has 0 saturated heterocycles. The fourth-order valence-electron chi connectivity index (χ4n) is 0.106. The third-order valence-corrected chi connectivity index (χ3v) is 0.815. The van der Waals surface area contributed by atoms with Crippen molar-refractivity contribution in [3.63, 3.8) is 0 Å². The van der Waals surface area contributed by atoms with Crippen LogP contribution >= 0.6 is 0 Å². The molecule has 0 aromatic rings. The largest absolute Gasteiger partial charge is 1.00 e. The number of hydrogen-bond acceptors (Lipinski definition) is 9. The van der Waals surface area contributed by atoms with Gasteiger partial charge in [0.15, 0.2) is 0 Å². The molecule has 0 amide bonds. The van der Waals surface area contributed by atoms with E-state index in [9.17, 15) is 4.79 Å². The summed E-state index contributed by atoms with van der Waals surface area (Å²) < 4.78 is 0. The Morgan fingerprint density at radius 2 is 1.58 bits per heavy atom. The van der Waals surface area contributed by atoms with E-state index in [-0.39, 0.29) is 42.8 Å². The minimum atomic E-state index is -4.86. The summed E-state index contributed by atoms with van der Waals surface area (Å²) in [5.74, 6) is -1.26. The number of rotatable bonds is 3. The van der Waals surface area contributed by atoms with Crippen molar-refractivity contribution in [2.24, 2.45) is 0 Å². The quantitative estimate of drug-likeness (QED) is 0.149. The summed E-state index contributed by atoms with van der Waals surface area (Å²) in [6.45, 7) is 2.18. The van der Waals surface area contributed by atoms with Gasteiger partial charge in [-0.15, -0.1) is 0 Å². The number of nitrogens with zero attached hydrogens (tertiary/aromatic N) is 1. The summed E-state index contributed by atoms with van der Waals surface area (Å²) in [5.41, 5.74) is -0.431. The standard InChI is InChI=1S/C4H3NO2.C3H8O3.Na.H3O4Si/c1-3(2-5)4(6)7;4-1-3(6)2-5;;1-5(2,3)4/h1H2,(H,6,7);3-6H,1-2H2;;1-3H/q;;+1;-1. The molecule has 0 aliphatic heterocycles. The van der Waals surface area contributed by atoms with Crippen LogP contribution in [0, 0.1) is 11.3 Å². The molecule has 12 heteroatoms. The van der Waals surface area contributed by atoms with E-state index in [0.717, 1.165) is 0 Å². The van der Waals surface area contributed by atoms with E-state index < -0.39 is 26.7 Å². The van der Waals surface area contributed by atoms with Gasteiger partial charge >= 0.3 is 44.6 Å². The Kier molecular flexibility index (Phi) is 22.4. The van der Waals surface area contributed by atoms with Gasteiger partial charge in [-0.25, -0.2) is 4.79 Å². The van der Waals surface area contributed by atoms with E-state index in [1.54, 1.807) is 0 Å². The van der Waals surface area contributed by atoms with Crippen LogP contribution in [-0.4, -0.2) is 69.1 Å². The molecule has 0 radical (unpaired) electrons. The predicted octanol–water partition coefficient (Wildman–Crippen LogP) is -7.75. The Hall–Kier alpha value is -0.363. The topological polar surface area (TPSA) is 206 Å². The molecule has 0 spiro atoms. The molecule has 0 heterocycles. The molecule has 0 aromatic carbocycles. The van der Waals surface area contributed by atoms with Crippen LogP contribution in [0.15, 0.2) is 12.2 Å². The molecule has 7 N–H and O–H groups in total. The van der Waals surface area contributed by atoms with Crippen molar-refractivity contribution in [2.45, 2.75) is 6.10 Å². The molecule has 0 rings (SSSR count). The van der Waals surface area contributed by atoms with E-state index in [4.69, 9.17) is 44.9 Å². The van der Waals surface area contributed by atoms with Crippen LogP contribution in [0.25, 0.3) is 0 Å². The van der Waals surface area contributed by atoms with Crippen LogP contribution in [0.5, 0.6) is 0 Å². The van der Waals surface area contributed by atoms with Gasteiger partial charge in [0.25, 0.3) is 0 Å². The normalized spacial score (nSPS) is 8.79. The Bertz CT molecular complexity index is 277. The van der Waals surface area contributed by atoms with Crippen LogP contribution in [0.1, 0.15) is 0 Å². The first kappa shape index (κ1) is 27.1. The van der Waals surface area contributed by atoms with Crippen molar-refractivity contribution in [3.8, 4) is 6.07 Å². The predicted molar refractivity (Wildman–Crippen MR) is 55.0 cm³/mol. The first-order valence-electron chi connectivity index (χ1n) is 4.09. The zero-order chi connectivity index (χ0) is 15.4. The van der Waals surface area contributed by atoms with Gasteiger partial charge in [0.05, 0.1) is 13.2 Å². The van der Waals surface area contributed by atoms with Crippen LogP contribution in [0.2, 0.25) is 0 Å². The molecule has 0 saturated carbocycles. The summed E-state index contributed by atoms with van der Waals surface area (Å²) in [5, 5.41) is 39.7. The van der Waals surface area contributed by atoms with Crippen molar-refractivity contribution >= 4 is 15.0 Å². The number of aliphatic hydroxyl groups excluding tert-OH is 3. The maximum Gasteiger partial charge on any atom is 1.00 e. The molecule has 19 heavy (non-hydrogen) atoms. The molecular formula is C7H14NNaO9Si. The van der Waals surface area contributed by atoms with Crippen LogP contribution in [0.4, 0.5) is 0 Å². The zero-order valence-electron chi connectivity index (χ0n) is 10.1. The van der Waals surface area contributed by atoms with Gasteiger partial charge in [-0.3, -0.25) is 0 Å². The summed E-state index contributed by atoms with van der Waals surface area (Å²) in [4.78, 5) is 40.2. The Morgan fingerprint density at radius 1 is 1.32 bits per heavy atom. The number of carbonyl (C=O) groups is 1. The average Bonchev–Trinajstić information content (AvgIpc) is 2.25. The number of aliphatic hydroxyl groups is 3. The van der Waals surface area contributed by atoms with E-state index in [2.05, 4.69) is 6.58 Å². The number of aliphatic carboxylic acids is 1. The molecule has 0 aliphatic rings. The molecule has 10 nitrogen and oxygen atoms in total. The molecule has 0 atom stereocenters. The van der Waals surface area contributed by atoms with E-state index in [1.807, 2.05) is 0 Å². The second-order valence-electron chi connectivity index (χ2n) is 2.49. The molecule has 0 fully saturated rings. The SMILES string of the molecule is C=C(C#N)C(=O)O.OCC(O)CO.[Na+].[O-][Si](O)(O)O. The summed E-state index contributed by atoms with van der Waals surface area (Å²) in [7, 11) is -4.86. The summed E-state index contributed by atoms with van der Waals surface area (Å²) >= 11 is 0. The second kappa shape index (κ2) is 15.7. The van der Waals surface area contributed by atoms with Gasteiger partial charge < -0.3 is 39.6 Å². The summed E-state index contributed by atoms with van der Waals surface area (Å²) in [6.07, 6.45) is -0.954. The third-order valence-electron chi connectivity index (χ3n) is 0.815. The minimum absolute atomic E-state index is 0. The number of carboxylic acids is 1. The van der Waals surface area contributed by atoms with Crippen LogP contribution in [-0.2, 0) is 4.79 Å². The van der Waals surface area contributed by atoms with Crippen molar-refractivity contribution in [1.82, 2.24) is 0 Å². The fraction of sp³-hybridized carbons (Fsp3) is 0.429. The van der Waals surface area contributed by atoms with Gasteiger partial charge in [-0.2, -0.15) is 5.26 Å². The van der Waals surface area contributed by atoms with Gasteiger partial charge in [0.1, 0.15) is 17.7 Å². The smallest absolute Gasteiger partial charge is 0.794 e. The van der Waals surface area contributed by atoms with Gasteiger partial charge in [-0.05, 0) is 0 Å². The van der Waals surface area contributed by atoms with Crippen molar-refractivity contribution in [2.75, 3.05) is 13.2 Å². The monoisotopic (exact) mass is 307 g/mol. The maximum atomic E-state index is 9.61. The zero-order valence-corrected chi connectivity index (χ0v) is 13.1. The van der Waals surface area contributed by atoms with E-state index >= 15 is 0 Å². The molecule has 0 aliphatic carbocycles. The Morgan fingerprint density at radius 3 is 1.58 bits per heavy atom. The molecule has 106 valence electrons. The van der Waals surface area contributed by atoms with Crippen molar-refractivity contribution in [1.29, 1.82) is 5.26 Å². The van der Waals surface area contributed by atoms with Crippen molar-refractivity contribution in [3.05, 3.63) is 12.2 Å². The van der Waals surface area contributed by atoms with Gasteiger partial charge in [-0.1, -0.05) is 6.58 Å². The third kappa shape index (κ3) is 46.4. The second-order valence-corrected chi connectivity index (χ2v) is 3.64. The number of hydrogen-bond donors (Lipinski definition) is 7. The number of carboxylic acid groups (broad SMARTS) is 1. The van der Waals surface area contributed by atoms with Gasteiger partial charge in [0, 0.05) is 0 Å². The molecular weight excluding hydrogens is 293 g/mol. The fourth-order valence-corrected chi connectivity index (χ4v) is 0.106. The average molecular weight is 307 g/mol. The van der Waals surface area contributed by atoms with E-state index in [1.165, 1.54) is 6.07 Å². The Balaban J connectivity index is -0.0000000878. The van der Waals surface area contributed by atoms with E-state index in [0.29, 0.717) is 0 Å². The molecule has 0 unspecified atom stereocenters.